The van der Waals surface area contributed by atoms with Crippen molar-refractivity contribution < 1.29 is 23.1 Å². The first-order valence-corrected chi connectivity index (χ1v) is 6.79. The molecule has 0 unspecified atom stereocenters. The van der Waals surface area contributed by atoms with Gasteiger partial charge in [0.05, 0.1) is 23.3 Å². The summed E-state index contributed by atoms with van der Waals surface area (Å²) in [7, 11) is -2.02. The molecule has 0 aliphatic carbocycles. The second-order valence-electron chi connectivity index (χ2n) is 3.91. The summed E-state index contributed by atoms with van der Waals surface area (Å²) in [5.74, 6) is -0.445. The molecule has 0 bridgehead atoms. The Morgan fingerprint density at radius 3 is 2.72 bits per heavy atom. The first kappa shape index (κ1) is 12.6. The van der Waals surface area contributed by atoms with Gasteiger partial charge in [0.1, 0.15) is 5.75 Å². The van der Waals surface area contributed by atoms with Crippen LogP contribution in [0.15, 0.2) is 28.0 Å². The Labute approximate surface area is 105 Å². The van der Waals surface area contributed by atoms with Crippen molar-refractivity contribution in [3.63, 3.8) is 0 Å². The maximum Gasteiger partial charge on any atom is 0.303 e. The summed E-state index contributed by atoms with van der Waals surface area (Å²) in [5.41, 5.74) is 0.551. The molecule has 1 N–H and O–H groups in total. The highest BCUT2D eigenvalue weighted by Crippen LogP contribution is 2.36. The van der Waals surface area contributed by atoms with Crippen molar-refractivity contribution in [3.8, 4) is 5.75 Å². The maximum absolute atomic E-state index is 12.1. The van der Waals surface area contributed by atoms with Crippen molar-refractivity contribution in [2.45, 2.75) is 17.7 Å². The highest BCUT2D eigenvalue weighted by molar-refractivity contribution is 7.95. The van der Waals surface area contributed by atoms with Gasteiger partial charge in [-0.05, 0) is 36.3 Å². The third-order valence-electron chi connectivity index (χ3n) is 2.75. The molecule has 1 aromatic carbocycles. The zero-order valence-corrected chi connectivity index (χ0v) is 10.5. The fourth-order valence-electron chi connectivity index (χ4n) is 1.84. The number of hydrogen-bond donors (Lipinski definition) is 1. The van der Waals surface area contributed by atoms with E-state index in [0.29, 0.717) is 11.3 Å². The van der Waals surface area contributed by atoms with Gasteiger partial charge in [-0.2, -0.15) is 0 Å². The van der Waals surface area contributed by atoms with Gasteiger partial charge in [0.2, 0.25) is 9.84 Å². The van der Waals surface area contributed by atoms with E-state index < -0.39 is 15.8 Å². The Hall–Kier alpha value is -1.82. The average molecular weight is 268 g/mol. The number of aliphatic carboxylic acids is 1. The van der Waals surface area contributed by atoms with Gasteiger partial charge in [-0.3, -0.25) is 4.79 Å². The zero-order valence-electron chi connectivity index (χ0n) is 9.71. The number of sulfone groups is 1. The molecule has 1 aromatic rings. The Balaban J connectivity index is 2.39. The SMILES string of the molecule is COc1ccc2c(c1)C=C(CCC(=O)O)S2(=O)=O. The summed E-state index contributed by atoms with van der Waals surface area (Å²) in [6, 6.07) is 4.68. The van der Waals surface area contributed by atoms with Crippen LogP contribution in [-0.4, -0.2) is 26.6 Å². The van der Waals surface area contributed by atoms with E-state index in [1.807, 2.05) is 0 Å². The van der Waals surface area contributed by atoms with Gasteiger partial charge in [0.15, 0.2) is 0 Å². The molecule has 6 heteroatoms. The fraction of sp³-hybridized carbons (Fsp3) is 0.250. The average Bonchev–Trinajstić information content (AvgIpc) is 2.57. The van der Waals surface area contributed by atoms with Crippen LogP contribution in [0.4, 0.5) is 0 Å². The van der Waals surface area contributed by atoms with Crippen molar-refractivity contribution >= 4 is 21.9 Å². The summed E-state index contributed by atoms with van der Waals surface area (Å²) < 4.78 is 29.2. The van der Waals surface area contributed by atoms with E-state index in [-0.39, 0.29) is 22.6 Å². The third kappa shape index (κ3) is 2.11. The van der Waals surface area contributed by atoms with Crippen LogP contribution >= 0.6 is 0 Å². The largest absolute Gasteiger partial charge is 0.497 e. The van der Waals surface area contributed by atoms with E-state index in [1.165, 1.54) is 19.3 Å². The van der Waals surface area contributed by atoms with Gasteiger partial charge >= 0.3 is 5.97 Å². The molecular formula is C12H12O5S. The molecule has 2 rings (SSSR count). The second kappa shape index (κ2) is 4.45. The first-order valence-electron chi connectivity index (χ1n) is 5.30. The zero-order chi connectivity index (χ0) is 13.3. The molecule has 0 spiro atoms. The van der Waals surface area contributed by atoms with E-state index in [4.69, 9.17) is 9.84 Å². The first-order chi connectivity index (χ1) is 8.45. The number of carboxylic acids is 1. The standard InChI is InChI=1S/C12H12O5S/c1-17-9-2-4-11-8(6-9)7-10(18(11,15)16)3-5-12(13)14/h2,4,6-7H,3,5H2,1H3,(H,13,14). The summed E-state index contributed by atoms with van der Waals surface area (Å²) in [4.78, 5) is 10.9. The molecule has 0 amide bonds. The Bertz CT molecular complexity index is 628. The minimum absolute atomic E-state index is 0.00859. The highest BCUT2D eigenvalue weighted by atomic mass is 32.2. The van der Waals surface area contributed by atoms with E-state index in [9.17, 15) is 13.2 Å². The van der Waals surface area contributed by atoms with Crippen molar-refractivity contribution in [3.05, 3.63) is 28.7 Å². The van der Waals surface area contributed by atoms with E-state index >= 15 is 0 Å². The Morgan fingerprint density at radius 1 is 1.39 bits per heavy atom. The minimum Gasteiger partial charge on any atom is -0.497 e. The monoisotopic (exact) mass is 268 g/mol. The number of fused-ring (bicyclic) bond motifs is 1. The Morgan fingerprint density at radius 2 is 2.11 bits per heavy atom. The maximum atomic E-state index is 12.1. The van der Waals surface area contributed by atoms with Crippen LogP contribution in [0, 0.1) is 0 Å². The normalized spacial score (nSPS) is 15.9. The number of rotatable bonds is 4. The van der Waals surface area contributed by atoms with Crippen LogP contribution in [-0.2, 0) is 14.6 Å². The van der Waals surface area contributed by atoms with Gasteiger partial charge < -0.3 is 9.84 Å². The van der Waals surface area contributed by atoms with Gasteiger partial charge in [-0.25, -0.2) is 8.42 Å². The van der Waals surface area contributed by atoms with Crippen molar-refractivity contribution in [1.29, 1.82) is 0 Å². The highest BCUT2D eigenvalue weighted by Gasteiger charge is 2.29. The molecule has 18 heavy (non-hydrogen) atoms. The molecule has 0 atom stereocenters. The molecule has 5 nitrogen and oxygen atoms in total. The molecule has 0 saturated heterocycles. The lowest BCUT2D eigenvalue weighted by atomic mass is 10.2. The van der Waals surface area contributed by atoms with Gasteiger partial charge in [-0.15, -0.1) is 0 Å². The quantitative estimate of drug-likeness (QED) is 0.898. The number of allylic oxidation sites excluding steroid dienone is 1. The van der Waals surface area contributed by atoms with Gasteiger partial charge in [0, 0.05) is 0 Å². The van der Waals surface area contributed by atoms with Gasteiger partial charge in [-0.1, -0.05) is 0 Å². The van der Waals surface area contributed by atoms with Crippen molar-refractivity contribution in [2.75, 3.05) is 7.11 Å². The number of hydrogen-bond acceptors (Lipinski definition) is 4. The van der Waals surface area contributed by atoms with E-state index in [0.717, 1.165) is 0 Å². The lowest BCUT2D eigenvalue weighted by Crippen LogP contribution is -2.03. The van der Waals surface area contributed by atoms with E-state index in [2.05, 4.69) is 0 Å². The van der Waals surface area contributed by atoms with Crippen molar-refractivity contribution in [2.24, 2.45) is 0 Å². The predicted molar refractivity (Wildman–Crippen MR) is 65.0 cm³/mol. The Kier molecular flexibility index (Phi) is 3.13. The molecule has 0 saturated carbocycles. The summed E-state index contributed by atoms with van der Waals surface area (Å²) in [6.45, 7) is 0. The number of carbonyl (C=O) groups is 1. The number of benzene rings is 1. The lowest BCUT2D eigenvalue weighted by Gasteiger charge is -2.03. The molecule has 1 aliphatic rings. The number of ether oxygens (including phenoxy) is 1. The second-order valence-corrected chi connectivity index (χ2v) is 5.88. The van der Waals surface area contributed by atoms with Crippen LogP contribution in [0.25, 0.3) is 6.08 Å². The third-order valence-corrected chi connectivity index (χ3v) is 4.72. The summed E-state index contributed by atoms with van der Waals surface area (Å²) in [6.07, 6.45) is 1.32. The van der Waals surface area contributed by atoms with E-state index in [1.54, 1.807) is 12.1 Å². The number of carboxylic acid groups (broad SMARTS) is 1. The topological polar surface area (TPSA) is 80.7 Å². The molecule has 0 aromatic heterocycles. The molecule has 96 valence electrons. The molecule has 1 aliphatic heterocycles. The van der Waals surface area contributed by atoms with Crippen LogP contribution < -0.4 is 4.74 Å². The smallest absolute Gasteiger partial charge is 0.303 e. The van der Waals surface area contributed by atoms with Gasteiger partial charge in [0.25, 0.3) is 0 Å². The van der Waals surface area contributed by atoms with Crippen LogP contribution in [0.3, 0.4) is 0 Å². The summed E-state index contributed by atoms with van der Waals surface area (Å²) >= 11 is 0. The lowest BCUT2D eigenvalue weighted by molar-refractivity contribution is -0.136. The van der Waals surface area contributed by atoms with Crippen LogP contribution in [0.2, 0.25) is 0 Å². The van der Waals surface area contributed by atoms with Crippen LogP contribution in [0.5, 0.6) is 5.75 Å². The minimum atomic E-state index is -3.52. The van der Waals surface area contributed by atoms with Crippen LogP contribution in [0.1, 0.15) is 18.4 Å². The molecular weight excluding hydrogens is 256 g/mol. The fourth-order valence-corrected chi connectivity index (χ4v) is 3.45. The molecule has 0 radical (unpaired) electrons. The molecule has 1 heterocycles. The molecule has 0 fully saturated rings. The summed E-state index contributed by atoms with van der Waals surface area (Å²) in [5, 5.41) is 8.60. The van der Waals surface area contributed by atoms with Crippen molar-refractivity contribution in [1.82, 2.24) is 0 Å². The number of methoxy groups -OCH3 is 1. The predicted octanol–water partition coefficient (Wildman–Crippen LogP) is 1.69.